The van der Waals surface area contributed by atoms with Crippen LogP contribution in [0.3, 0.4) is 0 Å². The number of fused-ring (bicyclic) bond motifs is 1. The molecule has 0 aromatic heterocycles. The van der Waals surface area contributed by atoms with Gasteiger partial charge in [0.1, 0.15) is 0 Å². The van der Waals surface area contributed by atoms with Crippen LogP contribution >= 0.6 is 0 Å². The number of rotatable bonds is 7. The first-order chi connectivity index (χ1) is 13.4. The van der Waals surface area contributed by atoms with Crippen molar-refractivity contribution >= 4 is 0 Å². The van der Waals surface area contributed by atoms with Gasteiger partial charge in [0.15, 0.2) is 0 Å². The van der Waals surface area contributed by atoms with E-state index < -0.39 is 0 Å². The number of hydrogen-bond acceptors (Lipinski definition) is 1. The minimum atomic E-state index is 0.463. The summed E-state index contributed by atoms with van der Waals surface area (Å²) in [6, 6.07) is 0. The summed E-state index contributed by atoms with van der Waals surface area (Å²) in [5.41, 5.74) is 4.29. The fraction of sp³-hybridized carbons (Fsp3) is 0.852. The average molecular weight is 386 g/mol. The second-order valence-electron chi connectivity index (χ2n) is 10.7. The van der Waals surface area contributed by atoms with E-state index in [9.17, 15) is 0 Å². The molecule has 5 atom stereocenters. The van der Waals surface area contributed by atoms with Crippen molar-refractivity contribution in [3.8, 4) is 0 Å². The van der Waals surface area contributed by atoms with Crippen LogP contribution in [0.1, 0.15) is 98.8 Å². The molecule has 0 amide bonds. The average Bonchev–Trinajstić information content (AvgIpc) is 3.00. The largest absolute Gasteiger partial charge is 0.304 e. The van der Waals surface area contributed by atoms with E-state index in [0.717, 1.165) is 17.8 Å². The van der Waals surface area contributed by atoms with Gasteiger partial charge in [-0.3, -0.25) is 0 Å². The Hall–Kier alpha value is -0.560. The summed E-state index contributed by atoms with van der Waals surface area (Å²) >= 11 is 0. The fourth-order valence-corrected chi connectivity index (χ4v) is 7.13. The van der Waals surface area contributed by atoms with Gasteiger partial charge >= 0.3 is 0 Å². The Kier molecular flexibility index (Phi) is 7.17. The third-order valence-corrected chi connectivity index (χ3v) is 9.63. The standard InChI is InChI=1S/C27H47N/c1-7-23-19-22(11-10-18-28(8-2)9-3)14-16-27(23,6)25-15-17-26(5)21(4)12-13-24(26)20-25/h7,22,24-25H,4,8-20H2,1-3,5-6H3/b23-7-. The van der Waals surface area contributed by atoms with Crippen molar-refractivity contribution in [1.82, 2.24) is 4.90 Å². The maximum Gasteiger partial charge on any atom is -0.00189 e. The number of nitrogens with zero attached hydrogens (tertiary/aromatic N) is 1. The third-order valence-electron chi connectivity index (χ3n) is 9.63. The molecule has 28 heavy (non-hydrogen) atoms. The summed E-state index contributed by atoms with van der Waals surface area (Å²) in [6.45, 7) is 20.2. The van der Waals surface area contributed by atoms with Crippen LogP contribution in [0, 0.1) is 28.6 Å². The predicted molar refractivity (Wildman–Crippen MR) is 124 cm³/mol. The maximum atomic E-state index is 4.44. The van der Waals surface area contributed by atoms with E-state index in [2.05, 4.69) is 52.2 Å². The van der Waals surface area contributed by atoms with E-state index >= 15 is 0 Å². The van der Waals surface area contributed by atoms with Gasteiger partial charge in [0, 0.05) is 0 Å². The van der Waals surface area contributed by atoms with Crippen molar-refractivity contribution < 1.29 is 0 Å². The summed E-state index contributed by atoms with van der Waals surface area (Å²) in [7, 11) is 0. The molecule has 0 aliphatic heterocycles. The Labute approximate surface area is 176 Å². The lowest BCUT2D eigenvalue weighted by molar-refractivity contribution is 0.0521. The molecule has 0 saturated heterocycles. The summed E-state index contributed by atoms with van der Waals surface area (Å²) < 4.78 is 0. The topological polar surface area (TPSA) is 3.24 Å². The molecule has 3 saturated carbocycles. The maximum absolute atomic E-state index is 4.44. The Balaban J connectivity index is 1.58. The lowest BCUT2D eigenvalue weighted by atomic mass is 9.54. The quantitative estimate of drug-likeness (QED) is 0.407. The first kappa shape index (κ1) is 22.1. The fourth-order valence-electron chi connectivity index (χ4n) is 7.13. The van der Waals surface area contributed by atoms with Gasteiger partial charge in [0.05, 0.1) is 0 Å². The molecule has 1 nitrogen and oxygen atoms in total. The van der Waals surface area contributed by atoms with Crippen molar-refractivity contribution in [3.63, 3.8) is 0 Å². The van der Waals surface area contributed by atoms with Crippen molar-refractivity contribution in [1.29, 1.82) is 0 Å². The molecule has 0 heterocycles. The van der Waals surface area contributed by atoms with Crippen molar-refractivity contribution in [2.24, 2.45) is 28.6 Å². The van der Waals surface area contributed by atoms with Crippen LogP contribution in [0.5, 0.6) is 0 Å². The second-order valence-corrected chi connectivity index (χ2v) is 10.7. The molecule has 3 fully saturated rings. The van der Waals surface area contributed by atoms with Crippen molar-refractivity contribution in [2.75, 3.05) is 19.6 Å². The van der Waals surface area contributed by atoms with Crippen LogP contribution in [0.15, 0.2) is 23.8 Å². The highest BCUT2D eigenvalue weighted by atomic mass is 15.1. The van der Waals surface area contributed by atoms with Crippen LogP contribution in [0.4, 0.5) is 0 Å². The van der Waals surface area contributed by atoms with Gasteiger partial charge in [0.2, 0.25) is 0 Å². The summed E-state index contributed by atoms with van der Waals surface area (Å²) in [4.78, 5) is 2.58. The Bertz CT molecular complexity index is 571. The zero-order chi connectivity index (χ0) is 20.4. The van der Waals surface area contributed by atoms with Crippen LogP contribution in [-0.2, 0) is 0 Å². The Morgan fingerprint density at radius 3 is 2.39 bits per heavy atom. The molecular formula is C27H47N. The Morgan fingerprint density at radius 1 is 1.04 bits per heavy atom. The first-order valence-corrected chi connectivity index (χ1v) is 12.4. The minimum absolute atomic E-state index is 0.463. The van der Waals surface area contributed by atoms with Crippen LogP contribution in [0.25, 0.3) is 0 Å². The third kappa shape index (κ3) is 4.16. The molecule has 160 valence electrons. The Morgan fingerprint density at radius 2 is 1.71 bits per heavy atom. The molecule has 0 spiro atoms. The molecule has 3 aliphatic carbocycles. The summed E-state index contributed by atoms with van der Waals surface area (Å²) in [6.07, 6.45) is 16.5. The molecule has 3 aliphatic rings. The van der Waals surface area contributed by atoms with E-state index in [4.69, 9.17) is 0 Å². The molecule has 0 N–H and O–H groups in total. The van der Waals surface area contributed by atoms with Gasteiger partial charge in [-0.05, 0) is 119 Å². The molecule has 5 unspecified atom stereocenters. The monoisotopic (exact) mass is 385 g/mol. The van der Waals surface area contributed by atoms with E-state index in [-0.39, 0.29) is 0 Å². The van der Waals surface area contributed by atoms with E-state index in [0.29, 0.717) is 10.8 Å². The van der Waals surface area contributed by atoms with Gasteiger partial charge < -0.3 is 4.90 Å². The van der Waals surface area contributed by atoms with Gasteiger partial charge in [-0.25, -0.2) is 0 Å². The van der Waals surface area contributed by atoms with E-state index in [1.54, 1.807) is 11.1 Å². The molecule has 0 aromatic carbocycles. The van der Waals surface area contributed by atoms with Crippen molar-refractivity contribution in [2.45, 2.75) is 98.8 Å². The molecule has 0 aromatic rings. The summed E-state index contributed by atoms with van der Waals surface area (Å²) in [5.74, 6) is 2.73. The molecule has 0 radical (unpaired) electrons. The predicted octanol–water partition coefficient (Wildman–Crippen LogP) is 7.63. The highest BCUT2D eigenvalue weighted by Crippen LogP contribution is 2.61. The highest BCUT2D eigenvalue weighted by molar-refractivity contribution is 5.23. The smallest absolute Gasteiger partial charge is 0.00189 e. The summed E-state index contributed by atoms with van der Waals surface area (Å²) in [5, 5.41) is 0. The SMILES string of the molecule is C=C1CCC2CC(C3(C)CCC(CCCN(CC)CC)C/C3=C/C)CCC12C. The van der Waals surface area contributed by atoms with E-state index in [1.807, 2.05) is 0 Å². The van der Waals surface area contributed by atoms with Gasteiger partial charge in [-0.1, -0.05) is 51.5 Å². The zero-order valence-corrected chi connectivity index (χ0v) is 19.7. The molecular weight excluding hydrogens is 338 g/mol. The number of hydrogen-bond donors (Lipinski definition) is 0. The lowest BCUT2D eigenvalue weighted by Gasteiger charge is -2.51. The second kappa shape index (κ2) is 9.07. The van der Waals surface area contributed by atoms with Gasteiger partial charge in [0.25, 0.3) is 0 Å². The molecule has 0 bridgehead atoms. The van der Waals surface area contributed by atoms with Crippen molar-refractivity contribution in [3.05, 3.63) is 23.8 Å². The van der Waals surface area contributed by atoms with Crippen LogP contribution < -0.4 is 0 Å². The van der Waals surface area contributed by atoms with Gasteiger partial charge in [-0.15, -0.1) is 0 Å². The molecule has 3 rings (SSSR count). The van der Waals surface area contributed by atoms with E-state index in [1.165, 1.54) is 83.8 Å². The number of allylic oxidation sites excluding steroid dienone is 3. The van der Waals surface area contributed by atoms with Crippen LogP contribution in [0.2, 0.25) is 0 Å². The normalized spacial score (nSPS) is 40.3. The highest BCUT2D eigenvalue weighted by Gasteiger charge is 2.50. The molecule has 1 heteroatoms. The van der Waals surface area contributed by atoms with Crippen LogP contribution in [-0.4, -0.2) is 24.5 Å². The van der Waals surface area contributed by atoms with Gasteiger partial charge in [-0.2, -0.15) is 0 Å². The first-order valence-electron chi connectivity index (χ1n) is 12.4. The lowest BCUT2D eigenvalue weighted by Crippen LogP contribution is -2.41. The zero-order valence-electron chi connectivity index (χ0n) is 19.7. The minimum Gasteiger partial charge on any atom is -0.304 e.